The molecule has 2 aromatic heterocycles. The van der Waals surface area contributed by atoms with E-state index >= 15 is 0 Å². The summed E-state index contributed by atoms with van der Waals surface area (Å²) in [5.74, 6) is 3.24. The second-order valence-electron chi connectivity index (χ2n) is 4.88. The summed E-state index contributed by atoms with van der Waals surface area (Å²) in [4.78, 5) is 13.1. The number of imidazole rings is 1. The van der Waals surface area contributed by atoms with Crippen molar-refractivity contribution in [2.75, 3.05) is 17.6 Å². The van der Waals surface area contributed by atoms with E-state index in [1.807, 2.05) is 30.9 Å². The first-order chi connectivity index (χ1) is 9.61. The number of aryl methyl sites for hydroxylation is 2. The molecule has 108 valence electrons. The fourth-order valence-electron chi connectivity index (χ4n) is 2.02. The molecular weight excluding hydrogens is 252 g/mol. The molecule has 2 rings (SSSR count). The maximum Gasteiger partial charge on any atom is 0.134 e. The van der Waals surface area contributed by atoms with E-state index in [0.717, 1.165) is 48.8 Å². The van der Waals surface area contributed by atoms with Crippen LogP contribution in [0.5, 0.6) is 0 Å². The first-order valence-corrected chi connectivity index (χ1v) is 6.95. The Hall–Kier alpha value is -2.11. The number of nitrogens with two attached hydrogens (primary N) is 1. The van der Waals surface area contributed by atoms with E-state index in [0.29, 0.717) is 5.82 Å². The molecule has 0 aliphatic rings. The lowest BCUT2D eigenvalue weighted by atomic mass is 10.2. The Bertz CT molecular complexity index is 575. The van der Waals surface area contributed by atoms with Crippen LogP contribution in [0.3, 0.4) is 0 Å². The fourth-order valence-corrected chi connectivity index (χ4v) is 2.02. The highest BCUT2D eigenvalue weighted by Gasteiger charge is 2.08. The zero-order valence-corrected chi connectivity index (χ0v) is 12.3. The first kappa shape index (κ1) is 14.3. The molecule has 0 bridgehead atoms. The topological polar surface area (TPSA) is 81.6 Å². The van der Waals surface area contributed by atoms with Gasteiger partial charge in [0, 0.05) is 44.4 Å². The van der Waals surface area contributed by atoms with Crippen molar-refractivity contribution >= 4 is 11.6 Å². The standard InChI is InChI=1S/C14H22N6/c1-4-5-11-18-13(15)10(2)14(19-11)17-7-6-12-16-8-9-20(12)3/h8-9H,4-7H2,1-3H3,(H3,15,17,18,19). The maximum atomic E-state index is 5.93. The van der Waals surface area contributed by atoms with Gasteiger partial charge in [-0.25, -0.2) is 15.0 Å². The molecule has 0 radical (unpaired) electrons. The molecule has 0 fully saturated rings. The van der Waals surface area contributed by atoms with E-state index in [-0.39, 0.29) is 0 Å². The maximum absolute atomic E-state index is 5.93. The van der Waals surface area contributed by atoms with Crippen LogP contribution in [0.15, 0.2) is 12.4 Å². The van der Waals surface area contributed by atoms with E-state index in [1.54, 1.807) is 0 Å². The number of nitrogens with one attached hydrogen (secondary N) is 1. The lowest BCUT2D eigenvalue weighted by molar-refractivity contribution is 0.785. The molecule has 0 amide bonds. The van der Waals surface area contributed by atoms with Crippen molar-refractivity contribution in [3.05, 3.63) is 29.6 Å². The van der Waals surface area contributed by atoms with Gasteiger partial charge >= 0.3 is 0 Å². The second kappa shape index (κ2) is 6.36. The van der Waals surface area contributed by atoms with Gasteiger partial charge in [-0.05, 0) is 13.3 Å². The van der Waals surface area contributed by atoms with Gasteiger partial charge in [0.2, 0.25) is 0 Å². The number of nitrogen functional groups attached to an aromatic ring is 1. The number of rotatable bonds is 6. The molecule has 0 aliphatic carbocycles. The highest BCUT2D eigenvalue weighted by molar-refractivity contribution is 5.54. The van der Waals surface area contributed by atoms with E-state index in [4.69, 9.17) is 5.73 Å². The van der Waals surface area contributed by atoms with Crippen molar-refractivity contribution in [1.29, 1.82) is 0 Å². The van der Waals surface area contributed by atoms with Crippen molar-refractivity contribution in [3.8, 4) is 0 Å². The van der Waals surface area contributed by atoms with Crippen LogP contribution in [0.1, 0.15) is 30.6 Å². The number of hydrogen-bond acceptors (Lipinski definition) is 5. The molecule has 3 N–H and O–H groups in total. The smallest absolute Gasteiger partial charge is 0.134 e. The van der Waals surface area contributed by atoms with Crippen LogP contribution in [0.2, 0.25) is 0 Å². The summed E-state index contributed by atoms with van der Waals surface area (Å²) in [7, 11) is 2.00. The van der Waals surface area contributed by atoms with Gasteiger partial charge in [0.15, 0.2) is 0 Å². The molecule has 0 aromatic carbocycles. The third-order valence-electron chi connectivity index (χ3n) is 3.27. The van der Waals surface area contributed by atoms with Gasteiger partial charge < -0.3 is 15.6 Å². The average Bonchev–Trinajstić information content (AvgIpc) is 2.81. The Morgan fingerprint density at radius 2 is 2.10 bits per heavy atom. The van der Waals surface area contributed by atoms with E-state index in [1.165, 1.54) is 0 Å². The van der Waals surface area contributed by atoms with Crippen molar-refractivity contribution in [3.63, 3.8) is 0 Å². The van der Waals surface area contributed by atoms with Crippen molar-refractivity contribution in [1.82, 2.24) is 19.5 Å². The summed E-state index contributed by atoms with van der Waals surface area (Å²) in [5.41, 5.74) is 6.84. The van der Waals surface area contributed by atoms with Gasteiger partial charge in [0.25, 0.3) is 0 Å². The minimum absolute atomic E-state index is 0.558. The Kier molecular flexibility index (Phi) is 4.55. The largest absolute Gasteiger partial charge is 0.383 e. The van der Waals surface area contributed by atoms with Crippen LogP contribution in [0.25, 0.3) is 0 Å². The Morgan fingerprint density at radius 1 is 1.30 bits per heavy atom. The molecule has 6 nitrogen and oxygen atoms in total. The monoisotopic (exact) mass is 274 g/mol. The van der Waals surface area contributed by atoms with Crippen LogP contribution < -0.4 is 11.1 Å². The quantitative estimate of drug-likeness (QED) is 0.838. The van der Waals surface area contributed by atoms with Gasteiger partial charge in [-0.3, -0.25) is 0 Å². The van der Waals surface area contributed by atoms with Crippen LogP contribution in [0, 0.1) is 6.92 Å². The highest BCUT2D eigenvalue weighted by atomic mass is 15.1. The van der Waals surface area contributed by atoms with Crippen molar-refractivity contribution < 1.29 is 0 Å². The third kappa shape index (κ3) is 3.26. The summed E-state index contributed by atoms with van der Waals surface area (Å²) in [6, 6.07) is 0. The van der Waals surface area contributed by atoms with Crippen LogP contribution in [-0.2, 0) is 19.9 Å². The van der Waals surface area contributed by atoms with Crippen LogP contribution >= 0.6 is 0 Å². The van der Waals surface area contributed by atoms with Gasteiger partial charge in [0.1, 0.15) is 23.3 Å². The fraction of sp³-hybridized carbons (Fsp3) is 0.500. The Labute approximate surface area is 119 Å². The van der Waals surface area contributed by atoms with Crippen LogP contribution in [-0.4, -0.2) is 26.1 Å². The molecule has 6 heteroatoms. The van der Waals surface area contributed by atoms with Gasteiger partial charge in [-0.2, -0.15) is 0 Å². The lowest BCUT2D eigenvalue weighted by Crippen LogP contribution is -2.13. The summed E-state index contributed by atoms with van der Waals surface area (Å²) in [6.45, 7) is 4.81. The van der Waals surface area contributed by atoms with Crippen molar-refractivity contribution in [2.24, 2.45) is 7.05 Å². The zero-order chi connectivity index (χ0) is 14.5. The second-order valence-corrected chi connectivity index (χ2v) is 4.88. The number of hydrogen-bond donors (Lipinski definition) is 2. The highest BCUT2D eigenvalue weighted by Crippen LogP contribution is 2.17. The third-order valence-corrected chi connectivity index (χ3v) is 3.27. The average molecular weight is 274 g/mol. The van der Waals surface area contributed by atoms with Crippen molar-refractivity contribution in [2.45, 2.75) is 33.1 Å². The molecule has 0 spiro atoms. The molecule has 2 aromatic rings. The molecule has 0 atom stereocenters. The van der Waals surface area contributed by atoms with E-state index < -0.39 is 0 Å². The Morgan fingerprint density at radius 3 is 2.75 bits per heavy atom. The molecular formula is C14H22N6. The zero-order valence-electron chi connectivity index (χ0n) is 12.3. The summed E-state index contributed by atoms with van der Waals surface area (Å²) < 4.78 is 2.02. The lowest BCUT2D eigenvalue weighted by Gasteiger charge is -2.11. The normalized spacial score (nSPS) is 10.8. The first-order valence-electron chi connectivity index (χ1n) is 6.95. The molecule has 2 heterocycles. The Balaban J connectivity index is 2.03. The van der Waals surface area contributed by atoms with E-state index in [9.17, 15) is 0 Å². The predicted molar refractivity (Wildman–Crippen MR) is 80.6 cm³/mol. The summed E-state index contributed by atoms with van der Waals surface area (Å²) >= 11 is 0. The molecule has 0 saturated heterocycles. The molecule has 20 heavy (non-hydrogen) atoms. The van der Waals surface area contributed by atoms with Gasteiger partial charge in [0.05, 0.1) is 0 Å². The minimum Gasteiger partial charge on any atom is -0.383 e. The summed E-state index contributed by atoms with van der Waals surface area (Å²) in [6.07, 6.45) is 6.45. The van der Waals surface area contributed by atoms with Gasteiger partial charge in [-0.1, -0.05) is 6.92 Å². The van der Waals surface area contributed by atoms with Crippen LogP contribution in [0.4, 0.5) is 11.6 Å². The number of aromatic nitrogens is 4. The number of nitrogens with zero attached hydrogens (tertiary/aromatic N) is 4. The summed E-state index contributed by atoms with van der Waals surface area (Å²) in [5, 5.41) is 3.33. The van der Waals surface area contributed by atoms with Gasteiger partial charge in [-0.15, -0.1) is 0 Å². The molecule has 0 aliphatic heterocycles. The molecule has 0 saturated carbocycles. The minimum atomic E-state index is 0.558. The predicted octanol–water partition coefficient (Wildman–Crippen LogP) is 1.71. The SMILES string of the molecule is CCCc1nc(N)c(C)c(NCCc2nccn2C)n1. The number of anilines is 2. The van der Waals surface area contributed by atoms with E-state index in [2.05, 4.69) is 27.2 Å². The molecule has 0 unspecified atom stereocenters.